The Hall–Kier alpha value is -2.65. The summed E-state index contributed by atoms with van der Waals surface area (Å²) in [5.74, 6) is -1.55. The van der Waals surface area contributed by atoms with E-state index in [9.17, 15) is 19.5 Å². The van der Waals surface area contributed by atoms with Crippen molar-refractivity contribution < 1.29 is 24.2 Å². The van der Waals surface area contributed by atoms with Crippen molar-refractivity contribution in [1.82, 2.24) is 5.32 Å². The zero-order valence-corrected chi connectivity index (χ0v) is 17.0. The highest BCUT2D eigenvalue weighted by atomic mass is 79.9. The van der Waals surface area contributed by atoms with Crippen LogP contribution in [0.4, 0.5) is 10.5 Å². The molecular weight excluding hydrogens is 484 g/mol. The van der Waals surface area contributed by atoms with Gasteiger partial charge in [-0.1, -0.05) is 18.2 Å². The molecular formula is C18H12Br2N2O5. The third-order valence-electron chi connectivity index (χ3n) is 3.81. The van der Waals surface area contributed by atoms with E-state index in [-0.39, 0.29) is 17.1 Å². The van der Waals surface area contributed by atoms with E-state index in [0.717, 1.165) is 4.90 Å². The molecule has 2 N–H and O–H groups in total. The number of aromatic hydroxyl groups is 1. The highest BCUT2D eigenvalue weighted by Crippen LogP contribution is 2.42. The van der Waals surface area contributed by atoms with E-state index in [1.54, 1.807) is 30.3 Å². The van der Waals surface area contributed by atoms with Gasteiger partial charge in [-0.2, -0.15) is 0 Å². The largest absolute Gasteiger partial charge is 0.503 e. The van der Waals surface area contributed by atoms with Gasteiger partial charge in [0.05, 0.1) is 17.3 Å². The van der Waals surface area contributed by atoms with E-state index in [0.29, 0.717) is 20.2 Å². The molecule has 138 valence electrons. The third kappa shape index (κ3) is 3.47. The molecule has 2 aromatic carbocycles. The molecule has 1 fully saturated rings. The molecule has 0 atom stereocenters. The number of benzene rings is 2. The van der Waals surface area contributed by atoms with Crippen molar-refractivity contribution in [3.8, 4) is 11.5 Å². The number of halogens is 2. The first-order valence-corrected chi connectivity index (χ1v) is 9.15. The van der Waals surface area contributed by atoms with Gasteiger partial charge < -0.3 is 9.84 Å². The summed E-state index contributed by atoms with van der Waals surface area (Å²) in [6.45, 7) is 0. The summed E-state index contributed by atoms with van der Waals surface area (Å²) in [4.78, 5) is 38.1. The molecule has 1 aliphatic rings. The smallest absolute Gasteiger partial charge is 0.335 e. The SMILES string of the molecule is COc1cc(/C=C2\C(=O)NC(=O)N(c3ccccc3)C2=O)c(Br)c(Br)c1O. The second-order valence-electron chi connectivity index (χ2n) is 5.44. The predicted octanol–water partition coefficient (Wildman–Crippen LogP) is 3.59. The lowest BCUT2D eigenvalue weighted by atomic mass is 10.1. The Balaban J connectivity index is 2.10. The van der Waals surface area contributed by atoms with E-state index in [2.05, 4.69) is 37.2 Å². The molecule has 4 amide bonds. The average molecular weight is 496 g/mol. The summed E-state index contributed by atoms with van der Waals surface area (Å²) >= 11 is 6.52. The second kappa shape index (κ2) is 7.53. The number of nitrogens with zero attached hydrogens (tertiary/aromatic N) is 1. The highest BCUT2D eigenvalue weighted by molar-refractivity contribution is 9.13. The van der Waals surface area contributed by atoms with E-state index >= 15 is 0 Å². The minimum absolute atomic E-state index is 0.132. The van der Waals surface area contributed by atoms with Crippen LogP contribution in [0.2, 0.25) is 0 Å². The number of para-hydroxylation sites is 1. The van der Waals surface area contributed by atoms with Crippen molar-refractivity contribution in [3.63, 3.8) is 0 Å². The van der Waals surface area contributed by atoms with Crippen LogP contribution in [0.3, 0.4) is 0 Å². The molecule has 0 saturated carbocycles. The van der Waals surface area contributed by atoms with Crippen LogP contribution in [0, 0.1) is 0 Å². The van der Waals surface area contributed by atoms with Gasteiger partial charge in [-0.3, -0.25) is 14.9 Å². The fourth-order valence-corrected chi connectivity index (χ4v) is 3.34. The van der Waals surface area contributed by atoms with E-state index in [1.165, 1.54) is 19.3 Å². The molecule has 0 spiro atoms. The molecule has 0 aromatic heterocycles. The summed E-state index contributed by atoms with van der Waals surface area (Å²) in [5.41, 5.74) is 0.498. The van der Waals surface area contributed by atoms with Gasteiger partial charge in [-0.05, 0) is 61.7 Å². The van der Waals surface area contributed by atoms with Crippen molar-refractivity contribution in [1.29, 1.82) is 0 Å². The number of phenolic OH excluding ortho intramolecular Hbond substituents is 1. The molecule has 0 radical (unpaired) electrons. The average Bonchev–Trinajstić information content (AvgIpc) is 2.65. The van der Waals surface area contributed by atoms with Gasteiger partial charge in [-0.25, -0.2) is 9.69 Å². The fraction of sp³-hybridized carbons (Fsp3) is 0.0556. The Morgan fingerprint density at radius 1 is 1.11 bits per heavy atom. The van der Waals surface area contributed by atoms with E-state index < -0.39 is 17.8 Å². The lowest BCUT2D eigenvalue weighted by Crippen LogP contribution is -2.54. The number of carbonyl (C=O) groups is 3. The van der Waals surface area contributed by atoms with E-state index in [4.69, 9.17) is 4.74 Å². The number of ether oxygens (including phenoxy) is 1. The van der Waals surface area contributed by atoms with Crippen LogP contribution in [0.5, 0.6) is 11.5 Å². The number of hydrogen-bond acceptors (Lipinski definition) is 5. The topological polar surface area (TPSA) is 95.9 Å². The molecule has 7 nitrogen and oxygen atoms in total. The lowest BCUT2D eigenvalue weighted by molar-refractivity contribution is -0.122. The molecule has 2 aromatic rings. The maximum Gasteiger partial charge on any atom is 0.335 e. The number of anilines is 1. The molecule has 1 saturated heterocycles. The maximum absolute atomic E-state index is 12.8. The van der Waals surface area contributed by atoms with Gasteiger partial charge in [0.15, 0.2) is 11.5 Å². The predicted molar refractivity (Wildman–Crippen MR) is 106 cm³/mol. The summed E-state index contributed by atoms with van der Waals surface area (Å²) in [6.07, 6.45) is 1.32. The van der Waals surface area contributed by atoms with Gasteiger partial charge in [0.1, 0.15) is 5.57 Å². The number of amides is 4. The Bertz CT molecular complexity index is 989. The molecule has 0 unspecified atom stereocenters. The van der Waals surface area contributed by atoms with Crippen LogP contribution < -0.4 is 15.0 Å². The van der Waals surface area contributed by atoms with Crippen molar-refractivity contribution in [2.24, 2.45) is 0 Å². The number of phenols is 1. The quantitative estimate of drug-likeness (QED) is 0.501. The number of nitrogens with one attached hydrogen (secondary N) is 1. The van der Waals surface area contributed by atoms with E-state index in [1.807, 2.05) is 0 Å². The van der Waals surface area contributed by atoms with Crippen molar-refractivity contribution >= 4 is 61.5 Å². The van der Waals surface area contributed by atoms with Crippen molar-refractivity contribution in [3.05, 3.63) is 56.5 Å². The molecule has 1 heterocycles. The molecule has 9 heteroatoms. The minimum atomic E-state index is -0.822. The van der Waals surface area contributed by atoms with Gasteiger partial charge in [0.2, 0.25) is 0 Å². The zero-order valence-electron chi connectivity index (χ0n) is 13.8. The Morgan fingerprint density at radius 3 is 2.41 bits per heavy atom. The van der Waals surface area contributed by atoms with Crippen LogP contribution in [0.15, 0.2) is 50.9 Å². The van der Waals surface area contributed by atoms with Gasteiger partial charge in [0, 0.05) is 4.47 Å². The summed E-state index contributed by atoms with van der Waals surface area (Å²) in [7, 11) is 1.38. The minimum Gasteiger partial charge on any atom is -0.503 e. The van der Waals surface area contributed by atoms with Crippen LogP contribution in [0.25, 0.3) is 6.08 Å². The first-order chi connectivity index (χ1) is 12.8. The number of imide groups is 2. The highest BCUT2D eigenvalue weighted by Gasteiger charge is 2.37. The van der Waals surface area contributed by atoms with Crippen LogP contribution in [-0.4, -0.2) is 30.1 Å². The lowest BCUT2D eigenvalue weighted by Gasteiger charge is -2.26. The number of hydrogen-bond donors (Lipinski definition) is 2. The summed E-state index contributed by atoms with van der Waals surface area (Å²) in [5, 5.41) is 12.2. The Labute approximate surface area is 170 Å². The number of barbiturate groups is 1. The molecule has 3 rings (SSSR count). The Morgan fingerprint density at radius 2 is 1.78 bits per heavy atom. The number of methoxy groups -OCH3 is 1. The molecule has 27 heavy (non-hydrogen) atoms. The molecule has 1 aliphatic heterocycles. The zero-order chi connectivity index (χ0) is 19.7. The van der Waals surface area contributed by atoms with Gasteiger partial charge in [0.25, 0.3) is 11.8 Å². The first kappa shape index (κ1) is 19.1. The second-order valence-corrected chi connectivity index (χ2v) is 7.02. The number of carbonyl (C=O) groups excluding carboxylic acids is 3. The number of urea groups is 1. The van der Waals surface area contributed by atoms with Crippen LogP contribution in [-0.2, 0) is 9.59 Å². The standard InChI is InChI=1S/C18H12Br2N2O5/c1-27-12-8-9(13(19)14(20)15(12)23)7-11-16(24)21-18(26)22(17(11)25)10-5-3-2-4-6-10/h2-8,23H,1H3,(H,21,24,26)/b11-7+. The molecule has 0 bridgehead atoms. The number of rotatable bonds is 3. The summed E-state index contributed by atoms with van der Waals surface area (Å²) < 4.78 is 5.81. The van der Waals surface area contributed by atoms with Gasteiger partial charge in [-0.15, -0.1) is 0 Å². The Kier molecular flexibility index (Phi) is 5.33. The fourth-order valence-electron chi connectivity index (χ4n) is 2.50. The van der Waals surface area contributed by atoms with Crippen LogP contribution >= 0.6 is 31.9 Å². The van der Waals surface area contributed by atoms with Gasteiger partial charge >= 0.3 is 6.03 Å². The molecule has 0 aliphatic carbocycles. The summed E-state index contributed by atoms with van der Waals surface area (Å²) in [6, 6.07) is 8.90. The van der Waals surface area contributed by atoms with Crippen molar-refractivity contribution in [2.45, 2.75) is 0 Å². The first-order valence-electron chi connectivity index (χ1n) is 7.56. The van der Waals surface area contributed by atoms with Crippen molar-refractivity contribution in [2.75, 3.05) is 12.0 Å². The third-order valence-corrected chi connectivity index (χ3v) is 5.97. The monoisotopic (exact) mass is 494 g/mol. The normalized spacial score (nSPS) is 15.9. The maximum atomic E-state index is 12.8. The van der Waals surface area contributed by atoms with Crippen LogP contribution in [0.1, 0.15) is 5.56 Å².